The number of carbonyl (C=O) groups excluding carboxylic acids is 1. The molecule has 0 atom stereocenters. The minimum Gasteiger partial charge on any atom is -0.454 e. The molecule has 0 bridgehead atoms. The second-order valence-electron chi connectivity index (χ2n) is 7.87. The van der Waals surface area contributed by atoms with Crippen LogP contribution in [0.5, 0.6) is 11.5 Å². The molecule has 1 heterocycles. The van der Waals surface area contributed by atoms with Crippen molar-refractivity contribution >= 4 is 21.6 Å². The van der Waals surface area contributed by atoms with Gasteiger partial charge >= 0.3 is 0 Å². The number of carbonyl (C=O) groups is 1. The maximum absolute atomic E-state index is 14.5. The highest BCUT2D eigenvalue weighted by Crippen LogP contribution is 2.51. The van der Waals surface area contributed by atoms with Gasteiger partial charge in [-0.25, -0.2) is 17.9 Å². The van der Waals surface area contributed by atoms with E-state index in [4.69, 9.17) is 14.6 Å². The average Bonchev–Trinajstić information content (AvgIpc) is 3.45. The van der Waals surface area contributed by atoms with Gasteiger partial charge in [0.1, 0.15) is 5.82 Å². The van der Waals surface area contributed by atoms with Crippen molar-refractivity contribution in [1.82, 2.24) is 0 Å². The topological polar surface area (TPSA) is 108 Å². The molecule has 3 aromatic rings. The van der Waals surface area contributed by atoms with Crippen molar-refractivity contribution in [1.29, 1.82) is 0 Å². The summed E-state index contributed by atoms with van der Waals surface area (Å²) in [6, 6.07) is 15.6. The van der Waals surface area contributed by atoms with E-state index in [1.165, 1.54) is 30.3 Å². The highest BCUT2D eigenvalue weighted by Gasteiger charge is 2.51. The van der Waals surface area contributed by atoms with Crippen LogP contribution in [0.3, 0.4) is 0 Å². The molecule has 3 N–H and O–H groups in total. The van der Waals surface area contributed by atoms with E-state index < -0.39 is 21.3 Å². The molecule has 0 unspecified atom stereocenters. The predicted octanol–water partition coefficient (Wildman–Crippen LogP) is 4.28. The Balaban J connectivity index is 0.00000144. The van der Waals surface area contributed by atoms with Crippen LogP contribution in [0.4, 0.5) is 10.1 Å². The first kappa shape index (κ1) is 20.5. The SMILES string of the molecule is NS(=O)(=O)c1cccc(-c2ccc(F)c(NC(=O)C3(c4ccc5c(c4)OCO5)CC3)c2)c1.[HH].[HH].[HH]. The average molecular weight is 461 g/mol. The summed E-state index contributed by atoms with van der Waals surface area (Å²) in [5.41, 5.74) is 1.12. The highest BCUT2D eigenvalue weighted by molar-refractivity contribution is 7.89. The van der Waals surface area contributed by atoms with Gasteiger partial charge in [0.2, 0.25) is 22.7 Å². The Kier molecular flexibility index (Phi) is 4.68. The number of nitrogens with two attached hydrogens (primary N) is 1. The van der Waals surface area contributed by atoms with Crippen molar-refractivity contribution in [3.63, 3.8) is 0 Å². The monoisotopic (exact) mass is 460 g/mol. The van der Waals surface area contributed by atoms with Gasteiger partial charge in [0, 0.05) is 4.28 Å². The van der Waals surface area contributed by atoms with Crippen molar-refractivity contribution in [2.45, 2.75) is 23.2 Å². The van der Waals surface area contributed by atoms with Crippen molar-refractivity contribution < 1.29 is 31.4 Å². The summed E-state index contributed by atoms with van der Waals surface area (Å²) in [6.45, 7) is 0.142. The molecule has 9 heteroatoms. The number of benzene rings is 3. The molecule has 1 aliphatic heterocycles. The van der Waals surface area contributed by atoms with Crippen LogP contribution in [0.25, 0.3) is 11.1 Å². The third kappa shape index (κ3) is 3.59. The summed E-state index contributed by atoms with van der Waals surface area (Å²) in [4.78, 5) is 13.1. The van der Waals surface area contributed by atoms with Gasteiger partial charge in [-0.1, -0.05) is 24.3 Å². The summed E-state index contributed by atoms with van der Waals surface area (Å²) < 4.78 is 48.6. The predicted molar refractivity (Wildman–Crippen MR) is 122 cm³/mol. The summed E-state index contributed by atoms with van der Waals surface area (Å²) in [7, 11) is -3.88. The van der Waals surface area contributed by atoms with E-state index in [0.29, 0.717) is 35.5 Å². The zero-order valence-corrected chi connectivity index (χ0v) is 17.6. The lowest BCUT2D eigenvalue weighted by Gasteiger charge is -2.17. The Bertz CT molecular complexity index is 1370. The number of hydrogen-bond donors (Lipinski definition) is 2. The molecule has 1 aliphatic carbocycles. The number of primary sulfonamides is 1. The molecule has 7 nitrogen and oxygen atoms in total. The van der Waals surface area contributed by atoms with Gasteiger partial charge in [-0.2, -0.15) is 0 Å². The lowest BCUT2D eigenvalue weighted by Crippen LogP contribution is -2.28. The number of ether oxygens (including phenoxy) is 2. The van der Waals surface area contributed by atoms with Crippen molar-refractivity contribution in [3.05, 3.63) is 72.0 Å². The van der Waals surface area contributed by atoms with Gasteiger partial charge in [0.15, 0.2) is 11.5 Å². The fourth-order valence-electron chi connectivity index (χ4n) is 3.86. The maximum atomic E-state index is 14.5. The van der Waals surface area contributed by atoms with Crippen LogP contribution in [-0.4, -0.2) is 21.1 Å². The van der Waals surface area contributed by atoms with Crippen molar-refractivity contribution in [3.8, 4) is 22.6 Å². The summed E-state index contributed by atoms with van der Waals surface area (Å²) >= 11 is 0. The van der Waals surface area contributed by atoms with Crippen LogP contribution in [0.1, 0.15) is 22.7 Å². The first-order valence-corrected chi connectivity index (χ1v) is 11.5. The van der Waals surface area contributed by atoms with Gasteiger partial charge in [-0.05, 0) is 65.9 Å². The standard InChI is InChI=1S/C23H19FN2O5S.3H2/c24-18-6-4-15(14-2-1-3-17(10-14)32(25,28)29)11-19(18)26-22(27)23(8-9-23)16-5-7-20-21(12-16)31-13-30-20;;;/h1-7,10-12H,8-9,13H2,(H,26,27)(H2,25,28,29);3*1H. The van der Waals surface area contributed by atoms with Gasteiger partial charge in [-0.3, -0.25) is 4.79 Å². The van der Waals surface area contributed by atoms with E-state index in [0.717, 1.165) is 5.56 Å². The Labute approximate surface area is 188 Å². The van der Waals surface area contributed by atoms with Gasteiger partial charge in [0.25, 0.3) is 0 Å². The Morgan fingerprint density at radius 2 is 1.75 bits per heavy atom. The minimum atomic E-state index is -3.88. The van der Waals surface area contributed by atoms with E-state index in [2.05, 4.69) is 5.32 Å². The molecular weight excluding hydrogens is 435 g/mol. The normalized spacial score (nSPS) is 15.9. The molecule has 170 valence electrons. The first-order chi connectivity index (χ1) is 15.3. The number of fused-ring (bicyclic) bond motifs is 1. The van der Waals surface area contributed by atoms with Crippen LogP contribution in [-0.2, 0) is 20.2 Å². The number of anilines is 1. The van der Waals surface area contributed by atoms with E-state index in [9.17, 15) is 17.6 Å². The quantitative estimate of drug-likeness (QED) is 0.591. The highest BCUT2D eigenvalue weighted by atomic mass is 32.2. The minimum absolute atomic E-state index is 0. The lowest BCUT2D eigenvalue weighted by atomic mass is 9.94. The third-order valence-electron chi connectivity index (χ3n) is 5.82. The smallest absolute Gasteiger partial charge is 0.238 e. The van der Waals surface area contributed by atoms with E-state index in [1.807, 2.05) is 6.07 Å². The number of amides is 1. The lowest BCUT2D eigenvalue weighted by molar-refractivity contribution is -0.118. The molecule has 5 rings (SSSR count). The number of nitrogens with one attached hydrogen (secondary N) is 1. The molecular formula is C23H25FN2O5S. The maximum Gasteiger partial charge on any atom is 0.238 e. The van der Waals surface area contributed by atoms with Crippen molar-refractivity contribution in [2.24, 2.45) is 5.14 Å². The second kappa shape index (κ2) is 7.32. The van der Waals surface area contributed by atoms with Crippen molar-refractivity contribution in [2.75, 3.05) is 12.1 Å². The van der Waals surface area contributed by atoms with E-state index in [-0.39, 0.29) is 27.6 Å². The third-order valence-corrected chi connectivity index (χ3v) is 6.73. The number of halogens is 1. The number of rotatable bonds is 5. The fraction of sp³-hybridized carbons (Fsp3) is 0.174. The van der Waals surface area contributed by atoms with Gasteiger partial charge in [-0.15, -0.1) is 0 Å². The van der Waals surface area contributed by atoms with Crippen LogP contribution in [0.15, 0.2) is 65.6 Å². The zero-order chi connectivity index (χ0) is 22.5. The summed E-state index contributed by atoms with van der Waals surface area (Å²) in [6.07, 6.45) is 1.27. The zero-order valence-electron chi connectivity index (χ0n) is 16.8. The Morgan fingerprint density at radius 1 is 1.00 bits per heavy atom. The fourth-order valence-corrected chi connectivity index (χ4v) is 4.42. The molecule has 0 saturated heterocycles. The van der Waals surface area contributed by atoms with Crippen LogP contribution in [0, 0.1) is 5.82 Å². The molecule has 1 saturated carbocycles. The van der Waals surface area contributed by atoms with Crippen LogP contribution in [0.2, 0.25) is 0 Å². The van der Waals surface area contributed by atoms with Crippen LogP contribution >= 0.6 is 0 Å². The number of sulfonamides is 1. The molecule has 0 spiro atoms. The first-order valence-electron chi connectivity index (χ1n) is 9.91. The van der Waals surface area contributed by atoms with Gasteiger partial charge < -0.3 is 14.8 Å². The van der Waals surface area contributed by atoms with Gasteiger partial charge in [0.05, 0.1) is 16.0 Å². The van der Waals surface area contributed by atoms with E-state index >= 15 is 0 Å². The second-order valence-corrected chi connectivity index (χ2v) is 9.43. The largest absolute Gasteiger partial charge is 0.454 e. The van der Waals surface area contributed by atoms with Crippen LogP contribution < -0.4 is 19.9 Å². The molecule has 1 fully saturated rings. The number of hydrogen-bond acceptors (Lipinski definition) is 5. The molecule has 0 aromatic heterocycles. The Hall–Kier alpha value is -3.43. The molecule has 2 aliphatic rings. The Morgan fingerprint density at radius 3 is 2.50 bits per heavy atom. The summed E-state index contributed by atoms with van der Waals surface area (Å²) in [5, 5.41) is 7.91. The van der Waals surface area contributed by atoms with E-state index in [1.54, 1.807) is 24.3 Å². The molecule has 3 aromatic carbocycles. The summed E-state index contributed by atoms with van der Waals surface area (Å²) in [5.74, 6) is 0.312. The molecule has 32 heavy (non-hydrogen) atoms. The molecule has 1 amide bonds. The molecule has 0 radical (unpaired) electrons.